The zero-order chi connectivity index (χ0) is 8.97. The molecule has 62 valence electrons. The largest absolute Gasteiger partial charge is 0.397 e. The van der Waals surface area contributed by atoms with Crippen molar-refractivity contribution in [2.45, 2.75) is 6.92 Å². The third-order valence-electron chi connectivity index (χ3n) is 1.36. The molecule has 1 aromatic rings. The van der Waals surface area contributed by atoms with Crippen LogP contribution < -0.4 is 5.73 Å². The second kappa shape index (κ2) is 3.72. The molecule has 0 aromatic heterocycles. The van der Waals surface area contributed by atoms with E-state index in [0.717, 1.165) is 11.3 Å². The Labute approximate surface area is 72.4 Å². The summed E-state index contributed by atoms with van der Waals surface area (Å²) < 4.78 is 0. The van der Waals surface area contributed by atoms with Crippen molar-refractivity contribution in [1.29, 1.82) is 0 Å². The Hall–Kier alpha value is -1.57. The first-order chi connectivity index (χ1) is 5.70. The fraction of sp³-hybridized carbons (Fsp3) is 0.100. The van der Waals surface area contributed by atoms with Crippen LogP contribution >= 0.6 is 0 Å². The van der Waals surface area contributed by atoms with E-state index in [2.05, 4.69) is 11.6 Å². The van der Waals surface area contributed by atoms with Gasteiger partial charge in [-0.25, -0.2) is 0 Å². The molecule has 0 aliphatic heterocycles. The van der Waals surface area contributed by atoms with E-state index in [1.54, 1.807) is 6.21 Å². The third kappa shape index (κ3) is 2.23. The van der Waals surface area contributed by atoms with E-state index in [4.69, 9.17) is 5.73 Å². The van der Waals surface area contributed by atoms with Crippen molar-refractivity contribution >= 4 is 17.6 Å². The third-order valence-corrected chi connectivity index (χ3v) is 1.36. The number of allylic oxidation sites excluding steroid dienone is 1. The molecule has 0 aliphatic carbocycles. The summed E-state index contributed by atoms with van der Waals surface area (Å²) in [5.74, 6) is 0. The maximum absolute atomic E-state index is 5.66. The van der Waals surface area contributed by atoms with Crippen LogP contribution in [0, 0.1) is 0 Å². The molecule has 0 saturated carbocycles. The van der Waals surface area contributed by atoms with Gasteiger partial charge < -0.3 is 5.73 Å². The summed E-state index contributed by atoms with van der Waals surface area (Å²) in [6.45, 7) is 5.60. The molecule has 0 unspecified atom stereocenters. The van der Waals surface area contributed by atoms with Crippen LogP contribution in [-0.2, 0) is 0 Å². The molecule has 0 fully saturated rings. The Morgan fingerprint density at radius 1 is 1.50 bits per heavy atom. The lowest BCUT2D eigenvalue weighted by Gasteiger charge is -1.97. The van der Waals surface area contributed by atoms with Crippen LogP contribution in [0.1, 0.15) is 6.92 Å². The van der Waals surface area contributed by atoms with E-state index in [1.807, 2.05) is 31.2 Å². The van der Waals surface area contributed by atoms with Crippen LogP contribution in [0.3, 0.4) is 0 Å². The van der Waals surface area contributed by atoms with E-state index in [0.29, 0.717) is 5.69 Å². The van der Waals surface area contributed by atoms with Crippen LogP contribution in [0.4, 0.5) is 11.4 Å². The summed E-state index contributed by atoms with van der Waals surface area (Å²) in [6.07, 6.45) is 1.70. The number of benzene rings is 1. The van der Waals surface area contributed by atoms with Gasteiger partial charge in [-0.05, 0) is 24.6 Å². The molecule has 0 amide bonds. The zero-order valence-electron chi connectivity index (χ0n) is 7.12. The first-order valence-corrected chi connectivity index (χ1v) is 3.74. The highest BCUT2D eigenvalue weighted by atomic mass is 14.8. The second-order valence-electron chi connectivity index (χ2n) is 2.66. The second-order valence-corrected chi connectivity index (χ2v) is 2.66. The van der Waals surface area contributed by atoms with Crippen molar-refractivity contribution in [2.24, 2.45) is 4.99 Å². The molecule has 1 rings (SSSR count). The number of rotatable bonds is 2. The molecule has 2 N–H and O–H groups in total. The van der Waals surface area contributed by atoms with Gasteiger partial charge in [-0.15, -0.1) is 0 Å². The first kappa shape index (κ1) is 8.53. The van der Waals surface area contributed by atoms with Crippen LogP contribution in [0.25, 0.3) is 0 Å². The molecule has 0 spiro atoms. The number of nitrogens with two attached hydrogens (primary N) is 1. The average Bonchev–Trinajstić information content (AvgIpc) is 2.03. The van der Waals surface area contributed by atoms with Crippen molar-refractivity contribution in [3.8, 4) is 0 Å². The van der Waals surface area contributed by atoms with Crippen molar-refractivity contribution in [2.75, 3.05) is 5.73 Å². The monoisotopic (exact) mass is 160 g/mol. The summed E-state index contributed by atoms with van der Waals surface area (Å²) in [5.41, 5.74) is 8.06. The van der Waals surface area contributed by atoms with Crippen molar-refractivity contribution in [3.05, 3.63) is 36.4 Å². The van der Waals surface area contributed by atoms with Gasteiger partial charge in [0.1, 0.15) is 0 Å². The Bertz CT molecular complexity index is 313. The number of nitrogen functional groups attached to an aromatic ring is 1. The highest BCUT2D eigenvalue weighted by molar-refractivity contribution is 5.81. The highest BCUT2D eigenvalue weighted by Crippen LogP contribution is 2.19. The molecule has 0 bridgehead atoms. The van der Waals surface area contributed by atoms with E-state index in [-0.39, 0.29) is 0 Å². The molecule has 2 heteroatoms. The van der Waals surface area contributed by atoms with Crippen LogP contribution in [0.15, 0.2) is 41.4 Å². The zero-order valence-corrected chi connectivity index (χ0v) is 7.12. The minimum atomic E-state index is 0.690. The van der Waals surface area contributed by atoms with Gasteiger partial charge in [0.15, 0.2) is 0 Å². The summed E-state index contributed by atoms with van der Waals surface area (Å²) >= 11 is 0. The first-order valence-electron chi connectivity index (χ1n) is 3.74. The van der Waals surface area contributed by atoms with Crippen LogP contribution in [-0.4, -0.2) is 6.21 Å². The predicted molar refractivity (Wildman–Crippen MR) is 53.8 cm³/mol. The van der Waals surface area contributed by atoms with Gasteiger partial charge in [-0.1, -0.05) is 18.7 Å². The fourth-order valence-corrected chi connectivity index (χ4v) is 0.785. The van der Waals surface area contributed by atoms with Gasteiger partial charge in [0.25, 0.3) is 0 Å². The molecule has 12 heavy (non-hydrogen) atoms. The van der Waals surface area contributed by atoms with Gasteiger partial charge in [0, 0.05) is 6.21 Å². The molecule has 2 nitrogen and oxygen atoms in total. The van der Waals surface area contributed by atoms with Crippen molar-refractivity contribution < 1.29 is 0 Å². The lowest BCUT2D eigenvalue weighted by molar-refractivity contribution is 1.51. The molecular formula is C10H12N2. The Morgan fingerprint density at radius 2 is 2.17 bits per heavy atom. The molecule has 0 radical (unpaired) electrons. The summed E-state index contributed by atoms with van der Waals surface area (Å²) in [7, 11) is 0. The average molecular weight is 160 g/mol. The smallest absolute Gasteiger partial charge is 0.0858 e. The number of para-hydroxylation sites is 2. The van der Waals surface area contributed by atoms with Gasteiger partial charge in [0.05, 0.1) is 11.4 Å². The van der Waals surface area contributed by atoms with Crippen LogP contribution in [0.5, 0.6) is 0 Å². The number of hydrogen-bond donors (Lipinski definition) is 1. The topological polar surface area (TPSA) is 38.4 Å². The Morgan fingerprint density at radius 3 is 2.75 bits per heavy atom. The maximum Gasteiger partial charge on any atom is 0.0858 e. The molecule has 0 aliphatic rings. The molecule has 0 atom stereocenters. The van der Waals surface area contributed by atoms with Gasteiger partial charge in [-0.2, -0.15) is 0 Å². The predicted octanol–water partition coefficient (Wildman–Crippen LogP) is 2.55. The van der Waals surface area contributed by atoms with Gasteiger partial charge >= 0.3 is 0 Å². The van der Waals surface area contributed by atoms with Crippen molar-refractivity contribution in [3.63, 3.8) is 0 Å². The van der Waals surface area contributed by atoms with E-state index >= 15 is 0 Å². The van der Waals surface area contributed by atoms with E-state index in [9.17, 15) is 0 Å². The molecule has 0 heterocycles. The minimum Gasteiger partial charge on any atom is -0.397 e. The standard InChI is InChI=1S/C10H12N2/c1-8(2)7-12-10-6-4-3-5-9(10)11/h3-7H,1,11H2,2H3/b12-7-. The summed E-state index contributed by atoms with van der Waals surface area (Å²) in [5, 5.41) is 0. The number of nitrogens with zero attached hydrogens (tertiary/aromatic N) is 1. The minimum absolute atomic E-state index is 0.690. The Balaban J connectivity index is 2.89. The van der Waals surface area contributed by atoms with Gasteiger partial charge in [0.2, 0.25) is 0 Å². The number of anilines is 1. The molecule has 0 saturated heterocycles. The molecule has 1 aromatic carbocycles. The summed E-state index contributed by atoms with van der Waals surface area (Å²) in [4.78, 5) is 4.16. The lowest BCUT2D eigenvalue weighted by Crippen LogP contribution is -1.84. The van der Waals surface area contributed by atoms with Crippen LogP contribution in [0.2, 0.25) is 0 Å². The highest BCUT2D eigenvalue weighted by Gasteiger charge is 1.91. The summed E-state index contributed by atoms with van der Waals surface area (Å²) in [6, 6.07) is 7.48. The fourth-order valence-electron chi connectivity index (χ4n) is 0.785. The van der Waals surface area contributed by atoms with Crippen molar-refractivity contribution in [1.82, 2.24) is 0 Å². The van der Waals surface area contributed by atoms with Gasteiger partial charge in [-0.3, -0.25) is 4.99 Å². The van der Waals surface area contributed by atoms with E-state index in [1.165, 1.54) is 0 Å². The number of hydrogen-bond acceptors (Lipinski definition) is 2. The van der Waals surface area contributed by atoms with E-state index < -0.39 is 0 Å². The normalized spacial score (nSPS) is 10.4. The molecular weight excluding hydrogens is 148 g/mol. The lowest BCUT2D eigenvalue weighted by atomic mass is 10.3. The Kier molecular flexibility index (Phi) is 2.64. The SMILES string of the molecule is C=C(C)/C=N\c1ccccc1N. The quantitative estimate of drug-likeness (QED) is 0.524. The maximum atomic E-state index is 5.66. The number of aliphatic imine (C=N–C) groups is 1.